The zero-order valence-electron chi connectivity index (χ0n) is 14.4. The maximum absolute atomic E-state index is 12.4. The van der Waals surface area contributed by atoms with Gasteiger partial charge in [0.05, 0.1) is 17.9 Å². The molecule has 2 heterocycles. The number of benzene rings is 1. The van der Waals surface area contributed by atoms with Crippen LogP contribution in [0.5, 0.6) is 0 Å². The molecule has 1 aromatic heterocycles. The van der Waals surface area contributed by atoms with Crippen molar-refractivity contribution in [3.05, 3.63) is 45.3 Å². The average Bonchev–Trinajstić information content (AvgIpc) is 3.26. The van der Waals surface area contributed by atoms with E-state index in [2.05, 4.69) is 15.5 Å². The molecule has 3 rings (SSSR count). The number of halogens is 1. The van der Waals surface area contributed by atoms with Crippen molar-refractivity contribution in [3.8, 4) is 0 Å². The number of H-pyrrole nitrogens is 1. The first-order valence-corrected chi connectivity index (χ1v) is 9.75. The molecule has 1 fully saturated rings. The van der Waals surface area contributed by atoms with Gasteiger partial charge in [-0.25, -0.2) is 9.89 Å². The summed E-state index contributed by atoms with van der Waals surface area (Å²) < 4.78 is 7.13. The van der Waals surface area contributed by atoms with E-state index in [1.807, 2.05) is 18.2 Å². The molecule has 1 aromatic carbocycles. The van der Waals surface area contributed by atoms with E-state index in [0.717, 1.165) is 25.0 Å². The number of nitrogens with one attached hydrogen (secondary N) is 2. The molecule has 1 amide bonds. The molecule has 2 N–H and O–H groups in total. The van der Waals surface area contributed by atoms with Gasteiger partial charge in [-0.15, -0.1) is 5.10 Å². The van der Waals surface area contributed by atoms with Crippen LogP contribution in [0.3, 0.4) is 0 Å². The zero-order valence-corrected chi connectivity index (χ0v) is 16.0. The third kappa shape index (κ3) is 4.69. The van der Waals surface area contributed by atoms with Crippen LogP contribution in [-0.4, -0.2) is 38.6 Å². The van der Waals surface area contributed by atoms with Crippen LogP contribution in [0.1, 0.15) is 25.3 Å². The summed E-state index contributed by atoms with van der Waals surface area (Å²) in [7, 11) is 0. The fourth-order valence-electron chi connectivity index (χ4n) is 2.73. The van der Waals surface area contributed by atoms with Crippen molar-refractivity contribution in [1.29, 1.82) is 0 Å². The zero-order chi connectivity index (χ0) is 18.5. The molecule has 140 valence electrons. The fraction of sp³-hybridized carbons (Fsp3) is 0.471. The molecular weight excluding hydrogens is 376 g/mol. The molecule has 2 aromatic rings. The topological polar surface area (TPSA) is 89.0 Å². The highest BCUT2D eigenvalue weighted by Crippen LogP contribution is 2.22. The summed E-state index contributed by atoms with van der Waals surface area (Å²) in [5, 5.41) is 10.1. The molecule has 2 atom stereocenters. The number of hydrogen-bond donors (Lipinski definition) is 2. The van der Waals surface area contributed by atoms with Gasteiger partial charge in [0, 0.05) is 18.2 Å². The monoisotopic (exact) mass is 396 g/mol. The quantitative estimate of drug-likeness (QED) is 0.700. The molecule has 0 spiro atoms. The lowest BCUT2D eigenvalue weighted by Gasteiger charge is -2.14. The Balaban J connectivity index is 1.59. The van der Waals surface area contributed by atoms with Gasteiger partial charge in [-0.05, 0) is 31.4 Å². The first kappa shape index (κ1) is 19.0. The van der Waals surface area contributed by atoms with Crippen molar-refractivity contribution in [1.82, 2.24) is 20.1 Å². The first-order valence-electron chi connectivity index (χ1n) is 8.49. The van der Waals surface area contributed by atoms with Crippen molar-refractivity contribution < 1.29 is 9.53 Å². The van der Waals surface area contributed by atoms with E-state index in [1.165, 1.54) is 11.8 Å². The molecule has 1 saturated heterocycles. The van der Waals surface area contributed by atoms with E-state index in [-0.39, 0.29) is 17.7 Å². The number of aromatic amines is 1. The minimum atomic E-state index is -0.407. The number of carbonyl (C=O) groups excluding carboxylic acids is 1. The van der Waals surface area contributed by atoms with Gasteiger partial charge in [0.2, 0.25) is 5.91 Å². The van der Waals surface area contributed by atoms with Crippen LogP contribution in [0.25, 0.3) is 0 Å². The maximum Gasteiger partial charge on any atom is 0.344 e. The maximum atomic E-state index is 12.4. The minimum Gasteiger partial charge on any atom is -0.376 e. The second-order valence-corrected chi connectivity index (χ2v) is 7.84. The summed E-state index contributed by atoms with van der Waals surface area (Å²) >= 11 is 7.34. The Kier molecular flexibility index (Phi) is 6.39. The summed E-state index contributed by atoms with van der Waals surface area (Å²) in [4.78, 5) is 24.4. The number of amides is 1. The van der Waals surface area contributed by atoms with Gasteiger partial charge in [0.1, 0.15) is 0 Å². The SMILES string of the molecule is C[C@H](Sc1n[nH]c(=O)n1C[C@@H]1CCCO1)C(=O)NCc1ccccc1Cl. The van der Waals surface area contributed by atoms with Crippen molar-refractivity contribution in [3.63, 3.8) is 0 Å². The molecule has 9 heteroatoms. The standard InChI is InChI=1S/C17H21ClN4O3S/c1-11(15(23)19-9-12-5-2-3-7-14(12)18)26-17-21-20-16(24)22(17)10-13-6-4-8-25-13/h2-3,5,7,11,13H,4,6,8-10H2,1H3,(H,19,23)(H,20,24)/t11-,13-/m0/s1. The molecule has 0 aliphatic carbocycles. The van der Waals surface area contributed by atoms with Crippen molar-refractivity contribution in [2.24, 2.45) is 0 Å². The molecule has 0 unspecified atom stereocenters. The minimum absolute atomic E-state index is 0.0222. The Hall–Kier alpha value is -1.77. The lowest BCUT2D eigenvalue weighted by molar-refractivity contribution is -0.120. The molecular formula is C17H21ClN4O3S. The molecule has 26 heavy (non-hydrogen) atoms. The van der Waals surface area contributed by atoms with Crippen LogP contribution < -0.4 is 11.0 Å². The largest absolute Gasteiger partial charge is 0.376 e. The summed E-state index contributed by atoms with van der Waals surface area (Å²) in [5.41, 5.74) is 0.571. The predicted octanol–water partition coefficient (Wildman–Crippen LogP) is 2.20. The number of rotatable bonds is 7. The number of nitrogens with zero attached hydrogens (tertiary/aromatic N) is 2. The number of thioether (sulfide) groups is 1. The van der Waals surface area contributed by atoms with E-state index >= 15 is 0 Å². The smallest absolute Gasteiger partial charge is 0.344 e. The van der Waals surface area contributed by atoms with Crippen LogP contribution >= 0.6 is 23.4 Å². The molecule has 0 bridgehead atoms. The lowest BCUT2D eigenvalue weighted by Crippen LogP contribution is -2.31. The summed E-state index contributed by atoms with van der Waals surface area (Å²) in [6.07, 6.45) is 1.95. The Morgan fingerprint density at radius 2 is 2.35 bits per heavy atom. The molecule has 7 nitrogen and oxygen atoms in total. The summed E-state index contributed by atoms with van der Waals surface area (Å²) in [5.74, 6) is -0.144. The van der Waals surface area contributed by atoms with Crippen LogP contribution in [-0.2, 0) is 22.6 Å². The van der Waals surface area contributed by atoms with Gasteiger partial charge in [-0.3, -0.25) is 9.36 Å². The number of ether oxygens (including phenoxy) is 1. The molecule has 0 radical (unpaired) electrons. The van der Waals surface area contributed by atoms with Gasteiger partial charge in [0.25, 0.3) is 0 Å². The van der Waals surface area contributed by atoms with E-state index in [4.69, 9.17) is 16.3 Å². The summed E-state index contributed by atoms with van der Waals surface area (Å²) in [6.45, 7) is 3.31. The van der Waals surface area contributed by atoms with Crippen molar-refractivity contribution in [2.75, 3.05) is 6.61 Å². The van der Waals surface area contributed by atoms with Crippen LogP contribution in [0.15, 0.2) is 34.2 Å². The summed E-state index contributed by atoms with van der Waals surface area (Å²) in [6, 6.07) is 7.37. The Bertz CT molecular complexity index is 816. The van der Waals surface area contributed by atoms with Crippen molar-refractivity contribution >= 4 is 29.3 Å². The van der Waals surface area contributed by atoms with Gasteiger partial charge >= 0.3 is 5.69 Å². The molecule has 1 aliphatic heterocycles. The second kappa shape index (κ2) is 8.75. The fourth-order valence-corrected chi connectivity index (χ4v) is 3.82. The average molecular weight is 397 g/mol. The Morgan fingerprint density at radius 3 is 3.08 bits per heavy atom. The van der Waals surface area contributed by atoms with Gasteiger partial charge in [0.15, 0.2) is 5.16 Å². The highest BCUT2D eigenvalue weighted by molar-refractivity contribution is 8.00. The van der Waals surface area contributed by atoms with E-state index in [0.29, 0.717) is 23.3 Å². The highest BCUT2D eigenvalue weighted by atomic mass is 35.5. The Labute approximate surface area is 160 Å². The first-order chi connectivity index (χ1) is 12.5. The van der Waals surface area contributed by atoms with E-state index in [1.54, 1.807) is 17.6 Å². The van der Waals surface area contributed by atoms with Crippen LogP contribution in [0.2, 0.25) is 5.02 Å². The van der Waals surface area contributed by atoms with E-state index < -0.39 is 5.25 Å². The predicted molar refractivity (Wildman–Crippen MR) is 100 cm³/mol. The normalized spacial score (nSPS) is 18.0. The second-order valence-electron chi connectivity index (χ2n) is 6.13. The van der Waals surface area contributed by atoms with Crippen molar-refractivity contribution in [2.45, 2.75) is 49.4 Å². The lowest BCUT2D eigenvalue weighted by atomic mass is 10.2. The number of hydrogen-bond acceptors (Lipinski definition) is 5. The highest BCUT2D eigenvalue weighted by Gasteiger charge is 2.22. The molecule has 0 saturated carbocycles. The van der Waals surface area contributed by atoms with Gasteiger partial charge < -0.3 is 10.1 Å². The van der Waals surface area contributed by atoms with E-state index in [9.17, 15) is 9.59 Å². The number of aromatic nitrogens is 3. The van der Waals surface area contributed by atoms with Crippen LogP contribution in [0.4, 0.5) is 0 Å². The Morgan fingerprint density at radius 1 is 1.54 bits per heavy atom. The van der Waals surface area contributed by atoms with Gasteiger partial charge in [-0.1, -0.05) is 41.6 Å². The van der Waals surface area contributed by atoms with Gasteiger partial charge in [-0.2, -0.15) is 0 Å². The van der Waals surface area contributed by atoms with Crippen LogP contribution in [0, 0.1) is 0 Å². The third-order valence-corrected chi connectivity index (χ3v) is 5.65. The molecule has 1 aliphatic rings. The number of carbonyl (C=O) groups is 1. The third-order valence-electron chi connectivity index (χ3n) is 4.20.